The number of benzene rings is 2. The van der Waals surface area contributed by atoms with Gasteiger partial charge in [-0.1, -0.05) is 46.3 Å². The number of carbonyl (C=O) groups is 1. The molecule has 2 spiro atoms. The quantitative estimate of drug-likeness (QED) is 0.604. The molecule has 2 aromatic rings. The highest BCUT2D eigenvalue weighted by atomic mass is 79.9. The number of halogens is 1. The van der Waals surface area contributed by atoms with Crippen LogP contribution in [0.25, 0.3) is 0 Å². The van der Waals surface area contributed by atoms with Crippen molar-refractivity contribution in [2.45, 2.75) is 57.5 Å². The molecule has 1 amide bonds. The van der Waals surface area contributed by atoms with Crippen LogP contribution >= 0.6 is 28.1 Å². The van der Waals surface area contributed by atoms with Crippen LogP contribution in [-0.4, -0.2) is 22.0 Å². The Morgan fingerprint density at radius 3 is 2.31 bits per heavy atom. The number of nitrogens with one attached hydrogen (secondary N) is 1. The molecule has 0 bridgehead atoms. The molecule has 5 rings (SSSR count). The van der Waals surface area contributed by atoms with E-state index in [-0.39, 0.29) is 17.4 Å². The average molecular weight is 469 g/mol. The van der Waals surface area contributed by atoms with Crippen LogP contribution in [0.3, 0.4) is 0 Å². The Hall–Kier alpha value is -1.72. The number of aryl methyl sites for hydroxylation is 2. The van der Waals surface area contributed by atoms with Crippen LogP contribution in [-0.2, 0) is 29.6 Å². The first-order valence-corrected chi connectivity index (χ1v) is 11.6. The SMILES string of the molecule is CC(C)N1C(=O)C2(NC1=S)c1cc(Br)ccc1CC21CCc2ccccc2CC1. The molecule has 1 aliphatic heterocycles. The molecule has 2 aliphatic carbocycles. The Morgan fingerprint density at radius 2 is 1.72 bits per heavy atom. The molecule has 3 aliphatic rings. The standard InChI is InChI=1S/C24H25BrN2OS/c1-15(2)27-21(28)24(26-22(27)29)20-13-19(25)8-7-18(20)14-23(24)11-9-16-5-3-4-6-17(16)10-12-23/h3-8,13,15H,9-12,14H2,1-2H3,(H,26,29). The summed E-state index contributed by atoms with van der Waals surface area (Å²) >= 11 is 9.34. The average Bonchev–Trinajstić information content (AvgIpc) is 3.01. The lowest BCUT2D eigenvalue weighted by Gasteiger charge is -2.42. The van der Waals surface area contributed by atoms with Gasteiger partial charge in [0.1, 0.15) is 0 Å². The molecule has 1 N–H and O–H groups in total. The number of fused-ring (bicyclic) bond motifs is 4. The zero-order valence-electron chi connectivity index (χ0n) is 16.8. The minimum absolute atomic E-state index is 0.0399. The molecule has 1 atom stereocenters. The third-order valence-electron chi connectivity index (χ3n) is 7.23. The summed E-state index contributed by atoms with van der Waals surface area (Å²) in [6.07, 6.45) is 4.86. The van der Waals surface area contributed by atoms with Crippen LogP contribution in [0.2, 0.25) is 0 Å². The zero-order chi connectivity index (χ0) is 20.4. The third-order valence-corrected chi connectivity index (χ3v) is 8.03. The van der Waals surface area contributed by atoms with E-state index in [0.29, 0.717) is 5.11 Å². The van der Waals surface area contributed by atoms with Gasteiger partial charge >= 0.3 is 0 Å². The fourth-order valence-corrected chi connectivity index (χ4v) is 6.67. The van der Waals surface area contributed by atoms with Gasteiger partial charge < -0.3 is 5.32 Å². The minimum Gasteiger partial charge on any atom is -0.344 e. The predicted octanol–water partition coefficient (Wildman–Crippen LogP) is 4.89. The van der Waals surface area contributed by atoms with Crippen LogP contribution in [0.5, 0.6) is 0 Å². The Kier molecular flexibility index (Phi) is 4.41. The van der Waals surface area contributed by atoms with E-state index in [9.17, 15) is 4.79 Å². The van der Waals surface area contributed by atoms with E-state index in [2.05, 4.69) is 63.7 Å². The molecule has 0 radical (unpaired) electrons. The van der Waals surface area contributed by atoms with E-state index in [4.69, 9.17) is 12.2 Å². The maximum Gasteiger partial charge on any atom is 0.259 e. The lowest BCUT2D eigenvalue weighted by atomic mass is 9.65. The molecular formula is C24H25BrN2OS. The van der Waals surface area contributed by atoms with Crippen molar-refractivity contribution in [3.8, 4) is 0 Å². The van der Waals surface area contributed by atoms with Gasteiger partial charge in [0.15, 0.2) is 10.7 Å². The largest absolute Gasteiger partial charge is 0.344 e. The summed E-state index contributed by atoms with van der Waals surface area (Å²) < 4.78 is 1.01. The minimum atomic E-state index is -0.768. The highest BCUT2D eigenvalue weighted by Gasteiger charge is 2.66. The molecule has 150 valence electrons. The Bertz CT molecular complexity index is 1010. The van der Waals surface area contributed by atoms with Gasteiger partial charge in [0.2, 0.25) is 0 Å². The summed E-state index contributed by atoms with van der Waals surface area (Å²) in [4.78, 5) is 15.9. The van der Waals surface area contributed by atoms with Gasteiger partial charge in [-0.15, -0.1) is 0 Å². The molecule has 29 heavy (non-hydrogen) atoms. The van der Waals surface area contributed by atoms with Gasteiger partial charge in [0.05, 0.1) is 0 Å². The zero-order valence-corrected chi connectivity index (χ0v) is 19.2. The van der Waals surface area contributed by atoms with Crippen molar-refractivity contribution in [1.29, 1.82) is 0 Å². The van der Waals surface area contributed by atoms with Crippen LogP contribution in [0.4, 0.5) is 0 Å². The first-order valence-electron chi connectivity index (χ1n) is 10.4. The number of amides is 1. The molecule has 1 fully saturated rings. The van der Waals surface area contributed by atoms with Crippen LogP contribution in [0.1, 0.15) is 48.9 Å². The molecule has 3 nitrogen and oxygen atoms in total. The van der Waals surface area contributed by atoms with Crippen molar-refractivity contribution in [2.24, 2.45) is 5.41 Å². The van der Waals surface area contributed by atoms with Gasteiger partial charge in [0.25, 0.3) is 5.91 Å². The highest BCUT2D eigenvalue weighted by Crippen LogP contribution is 2.59. The summed E-state index contributed by atoms with van der Waals surface area (Å²) in [5.74, 6) is 0.125. The summed E-state index contributed by atoms with van der Waals surface area (Å²) in [5.41, 5.74) is 4.27. The number of nitrogens with zero attached hydrogens (tertiary/aromatic N) is 1. The van der Waals surface area contributed by atoms with E-state index in [1.807, 2.05) is 13.8 Å². The topological polar surface area (TPSA) is 32.3 Å². The number of hydrogen-bond donors (Lipinski definition) is 1. The van der Waals surface area contributed by atoms with Gasteiger partial charge in [0, 0.05) is 15.9 Å². The Morgan fingerprint density at radius 1 is 1.07 bits per heavy atom. The Balaban J connectivity index is 1.69. The monoisotopic (exact) mass is 468 g/mol. The summed E-state index contributed by atoms with van der Waals surface area (Å²) in [6, 6.07) is 15.2. The summed E-state index contributed by atoms with van der Waals surface area (Å²) in [6.45, 7) is 4.08. The molecular weight excluding hydrogens is 444 g/mol. The lowest BCUT2D eigenvalue weighted by molar-refractivity contribution is -0.137. The first-order chi connectivity index (χ1) is 13.9. The molecule has 2 aromatic carbocycles. The van der Waals surface area contributed by atoms with Gasteiger partial charge in [-0.05, 0) is 92.6 Å². The van der Waals surface area contributed by atoms with Gasteiger partial charge in [-0.25, -0.2) is 0 Å². The lowest BCUT2D eigenvalue weighted by Crippen LogP contribution is -2.55. The first kappa shape index (κ1) is 19.3. The second-order valence-electron chi connectivity index (χ2n) is 8.98. The maximum absolute atomic E-state index is 14.1. The van der Waals surface area contributed by atoms with Crippen molar-refractivity contribution in [1.82, 2.24) is 10.2 Å². The number of hydrogen-bond acceptors (Lipinski definition) is 2. The maximum atomic E-state index is 14.1. The number of carbonyl (C=O) groups excluding carboxylic acids is 1. The van der Waals surface area contributed by atoms with Gasteiger partial charge in [-0.2, -0.15) is 0 Å². The van der Waals surface area contributed by atoms with Crippen molar-refractivity contribution in [2.75, 3.05) is 0 Å². The molecule has 0 saturated carbocycles. The number of thiocarbonyl (C=S) groups is 1. The van der Waals surface area contributed by atoms with E-state index in [0.717, 1.165) is 42.1 Å². The summed E-state index contributed by atoms with van der Waals surface area (Å²) in [5, 5.41) is 4.16. The van der Waals surface area contributed by atoms with Gasteiger partial charge in [-0.3, -0.25) is 9.69 Å². The molecule has 1 unspecified atom stereocenters. The second-order valence-corrected chi connectivity index (χ2v) is 10.3. The van der Waals surface area contributed by atoms with Crippen LogP contribution in [0.15, 0.2) is 46.9 Å². The molecule has 1 heterocycles. The van der Waals surface area contributed by atoms with Crippen molar-refractivity contribution < 1.29 is 4.79 Å². The van der Waals surface area contributed by atoms with Crippen LogP contribution in [0, 0.1) is 5.41 Å². The Labute approximate surface area is 186 Å². The third kappa shape index (κ3) is 2.59. The van der Waals surface area contributed by atoms with E-state index >= 15 is 0 Å². The fourth-order valence-electron chi connectivity index (χ4n) is 5.86. The highest BCUT2D eigenvalue weighted by molar-refractivity contribution is 9.10. The van der Waals surface area contributed by atoms with E-state index in [1.165, 1.54) is 16.7 Å². The normalized spacial score (nSPS) is 24.8. The molecule has 0 aromatic heterocycles. The van der Waals surface area contributed by atoms with Crippen LogP contribution < -0.4 is 5.32 Å². The predicted molar refractivity (Wildman–Crippen MR) is 123 cm³/mol. The molecule has 5 heteroatoms. The smallest absolute Gasteiger partial charge is 0.259 e. The van der Waals surface area contributed by atoms with Crippen molar-refractivity contribution in [3.05, 3.63) is 69.2 Å². The van der Waals surface area contributed by atoms with Crippen molar-refractivity contribution >= 4 is 39.2 Å². The van der Waals surface area contributed by atoms with E-state index in [1.54, 1.807) is 4.90 Å². The fraction of sp³-hybridized carbons (Fsp3) is 0.417. The van der Waals surface area contributed by atoms with E-state index < -0.39 is 5.54 Å². The number of rotatable bonds is 1. The molecule has 1 saturated heterocycles. The second kappa shape index (κ2) is 6.64. The summed E-state index contributed by atoms with van der Waals surface area (Å²) in [7, 11) is 0. The van der Waals surface area contributed by atoms with Crippen molar-refractivity contribution in [3.63, 3.8) is 0 Å².